The number of nitrogens with zero attached hydrogens (tertiary/aromatic N) is 5. The number of carboxylic acids is 1. The van der Waals surface area contributed by atoms with E-state index in [1.165, 1.54) is 0 Å². The fourth-order valence-electron chi connectivity index (χ4n) is 4.54. The molecule has 0 amide bonds. The van der Waals surface area contributed by atoms with Crippen LogP contribution in [0.2, 0.25) is 0 Å². The second-order valence-electron chi connectivity index (χ2n) is 7.77. The number of hydrogen-bond donors (Lipinski definition) is 3. The van der Waals surface area contributed by atoms with Crippen molar-refractivity contribution in [3.63, 3.8) is 0 Å². The second kappa shape index (κ2) is 9.22. The third kappa shape index (κ3) is 4.49. The summed E-state index contributed by atoms with van der Waals surface area (Å²) in [5, 5.41) is 31.2. The van der Waals surface area contributed by atoms with Gasteiger partial charge in [0, 0.05) is 36.7 Å². The highest BCUT2D eigenvalue weighted by molar-refractivity contribution is 5.86. The molecule has 3 N–H and O–H groups in total. The molecule has 2 aromatic heterocycles. The van der Waals surface area contributed by atoms with Crippen molar-refractivity contribution in [1.82, 2.24) is 20.4 Å². The maximum atomic E-state index is 10.6. The number of aliphatic carboxylic acids is 1. The largest absolute Gasteiger partial charge is 0.490 e. The molecular weight excluding hydrogens is 427 g/mol. The molecule has 3 heterocycles. The van der Waals surface area contributed by atoms with Crippen LogP contribution < -0.4 is 5.43 Å². The lowest BCUT2D eigenvalue weighted by Crippen LogP contribution is -2.44. The zero-order chi connectivity index (χ0) is 23.4. The van der Waals surface area contributed by atoms with Gasteiger partial charge in [-0.25, -0.2) is 14.8 Å². The average molecular weight is 447 g/mol. The van der Waals surface area contributed by atoms with Crippen LogP contribution in [-0.2, 0) is 10.2 Å². The van der Waals surface area contributed by atoms with E-state index in [0.717, 1.165) is 36.0 Å². The van der Waals surface area contributed by atoms with Crippen LogP contribution in [0, 0.1) is 40.4 Å². The number of carboxylic acid groups (broad SMARTS) is 1. The summed E-state index contributed by atoms with van der Waals surface area (Å²) in [7, 11) is 0. The van der Waals surface area contributed by atoms with Gasteiger partial charge in [-0.3, -0.25) is 0 Å². The van der Waals surface area contributed by atoms with Crippen LogP contribution in [0.25, 0.3) is 11.0 Å². The zero-order valence-electron chi connectivity index (χ0n) is 16.8. The van der Waals surface area contributed by atoms with Gasteiger partial charge < -0.3 is 15.5 Å². The Labute approximate surface area is 181 Å². The van der Waals surface area contributed by atoms with Crippen LogP contribution in [0.3, 0.4) is 0 Å². The Balaban J connectivity index is 0.000000360. The van der Waals surface area contributed by atoms with E-state index < -0.39 is 17.6 Å². The molecule has 4 unspecified atom stereocenters. The van der Waals surface area contributed by atoms with E-state index in [4.69, 9.17) is 9.90 Å². The molecule has 1 aliphatic heterocycles. The normalized spacial score (nSPS) is 25.3. The molecule has 1 saturated carbocycles. The molecule has 0 bridgehead atoms. The summed E-state index contributed by atoms with van der Waals surface area (Å²) < 4.78 is 31.7. The SMILES string of the molecule is N#CCC(C1CCC(C#N)C1)C1(c2ncnc3[nH]ccc23)C=NNC1.O=C(O)C(F)(F)F. The van der Waals surface area contributed by atoms with Gasteiger partial charge in [0.1, 0.15) is 12.0 Å². The molecule has 32 heavy (non-hydrogen) atoms. The Bertz CT molecular complexity index is 1090. The van der Waals surface area contributed by atoms with Crippen molar-refractivity contribution in [3.05, 3.63) is 24.3 Å². The number of aromatic nitrogens is 3. The van der Waals surface area contributed by atoms with Crippen molar-refractivity contribution in [2.75, 3.05) is 6.54 Å². The second-order valence-corrected chi connectivity index (χ2v) is 7.77. The Hall–Kier alpha value is -3.67. The first-order chi connectivity index (χ1) is 15.2. The van der Waals surface area contributed by atoms with Crippen molar-refractivity contribution >= 4 is 23.2 Å². The van der Waals surface area contributed by atoms with Crippen molar-refractivity contribution in [3.8, 4) is 12.1 Å². The Morgan fingerprint density at radius 3 is 2.66 bits per heavy atom. The molecular formula is C20H20F3N7O2. The summed E-state index contributed by atoms with van der Waals surface area (Å²) in [6, 6.07) is 6.74. The molecule has 12 heteroatoms. The van der Waals surface area contributed by atoms with E-state index in [9.17, 15) is 23.7 Å². The number of halogens is 3. The van der Waals surface area contributed by atoms with Crippen LogP contribution >= 0.6 is 0 Å². The monoisotopic (exact) mass is 447 g/mol. The Kier molecular flexibility index (Phi) is 6.63. The summed E-state index contributed by atoms with van der Waals surface area (Å²) in [4.78, 5) is 20.9. The van der Waals surface area contributed by atoms with Crippen LogP contribution in [0.5, 0.6) is 0 Å². The van der Waals surface area contributed by atoms with Gasteiger partial charge in [-0.05, 0) is 37.2 Å². The standard InChI is InChI=1S/C18H19N7.C2HF3O2/c19-5-3-15(13-2-1-12(7-13)8-20)18(9-24-25-10-18)16-14-4-6-21-17(14)23-11-22-16;3-2(4,5)1(6)7/h4,6,9,11-13,15,25H,1-3,7,10H2,(H,21,22,23);(H,6,7). The third-order valence-electron chi connectivity index (χ3n) is 5.99. The maximum Gasteiger partial charge on any atom is 0.490 e. The zero-order valence-corrected chi connectivity index (χ0v) is 16.8. The van der Waals surface area contributed by atoms with Crippen molar-refractivity contribution in [1.29, 1.82) is 10.5 Å². The van der Waals surface area contributed by atoms with Crippen LogP contribution in [0.4, 0.5) is 13.2 Å². The first-order valence-corrected chi connectivity index (χ1v) is 9.85. The maximum absolute atomic E-state index is 10.6. The Morgan fingerprint density at radius 2 is 2.09 bits per heavy atom. The number of rotatable bonds is 4. The number of nitrogens with one attached hydrogen (secondary N) is 2. The van der Waals surface area contributed by atoms with Gasteiger partial charge in [0.05, 0.1) is 23.2 Å². The lowest BCUT2D eigenvalue weighted by atomic mass is 9.65. The number of nitriles is 2. The minimum Gasteiger partial charge on any atom is -0.475 e. The van der Waals surface area contributed by atoms with Gasteiger partial charge in [-0.1, -0.05) is 0 Å². The van der Waals surface area contributed by atoms with Crippen molar-refractivity contribution in [2.24, 2.45) is 22.9 Å². The van der Waals surface area contributed by atoms with Crippen LogP contribution in [0.15, 0.2) is 23.7 Å². The van der Waals surface area contributed by atoms with E-state index in [0.29, 0.717) is 18.9 Å². The van der Waals surface area contributed by atoms with E-state index >= 15 is 0 Å². The highest BCUT2D eigenvalue weighted by Crippen LogP contribution is 2.47. The molecule has 0 aromatic carbocycles. The highest BCUT2D eigenvalue weighted by Gasteiger charge is 2.48. The van der Waals surface area contributed by atoms with Gasteiger partial charge in [0.25, 0.3) is 0 Å². The number of hydrazone groups is 1. The summed E-state index contributed by atoms with van der Waals surface area (Å²) in [5.41, 5.74) is 4.33. The van der Waals surface area contributed by atoms with Gasteiger partial charge >= 0.3 is 12.1 Å². The smallest absolute Gasteiger partial charge is 0.475 e. The predicted molar refractivity (Wildman–Crippen MR) is 106 cm³/mol. The summed E-state index contributed by atoms with van der Waals surface area (Å²) >= 11 is 0. The third-order valence-corrected chi connectivity index (χ3v) is 5.99. The van der Waals surface area contributed by atoms with Crippen LogP contribution in [-0.4, -0.2) is 45.0 Å². The van der Waals surface area contributed by atoms with Crippen LogP contribution in [0.1, 0.15) is 31.4 Å². The highest BCUT2D eigenvalue weighted by atomic mass is 19.4. The molecule has 2 aliphatic rings. The molecule has 0 spiro atoms. The van der Waals surface area contributed by atoms with Gasteiger partial charge in [-0.2, -0.15) is 28.8 Å². The molecule has 1 aliphatic carbocycles. The number of aromatic amines is 1. The van der Waals surface area contributed by atoms with E-state index in [-0.39, 0.29) is 11.8 Å². The summed E-state index contributed by atoms with van der Waals surface area (Å²) in [6.45, 7) is 0.615. The first-order valence-electron chi connectivity index (χ1n) is 9.85. The minimum absolute atomic E-state index is 0.0719. The van der Waals surface area contributed by atoms with Gasteiger partial charge in [0.2, 0.25) is 0 Å². The van der Waals surface area contributed by atoms with E-state index in [1.54, 1.807) is 6.33 Å². The molecule has 4 rings (SSSR count). The number of H-pyrrole nitrogens is 1. The quantitative estimate of drug-likeness (QED) is 0.652. The summed E-state index contributed by atoms with van der Waals surface area (Å²) in [6.07, 6.45) is 3.42. The van der Waals surface area contributed by atoms with E-state index in [2.05, 4.69) is 37.6 Å². The molecule has 168 valence electrons. The first kappa shape index (κ1) is 23.0. The molecule has 0 saturated heterocycles. The lowest BCUT2D eigenvalue weighted by molar-refractivity contribution is -0.192. The number of alkyl halides is 3. The number of fused-ring (bicyclic) bond motifs is 1. The molecule has 2 aromatic rings. The van der Waals surface area contributed by atoms with Gasteiger partial charge in [-0.15, -0.1) is 0 Å². The number of carbonyl (C=O) groups is 1. The molecule has 9 nitrogen and oxygen atoms in total. The topological polar surface area (TPSA) is 151 Å². The van der Waals surface area contributed by atoms with Gasteiger partial charge in [0.15, 0.2) is 0 Å². The van der Waals surface area contributed by atoms with Crippen molar-refractivity contribution in [2.45, 2.75) is 37.3 Å². The van der Waals surface area contributed by atoms with Crippen molar-refractivity contribution < 1.29 is 23.1 Å². The molecule has 1 fully saturated rings. The lowest BCUT2D eigenvalue weighted by Gasteiger charge is -2.37. The minimum atomic E-state index is -5.08. The molecule has 0 radical (unpaired) electrons. The number of hydrogen-bond acceptors (Lipinski definition) is 7. The predicted octanol–water partition coefficient (Wildman–Crippen LogP) is 2.89. The average Bonchev–Trinajstić information content (AvgIpc) is 3.52. The van der Waals surface area contributed by atoms with E-state index in [1.807, 2.05) is 18.5 Å². The fraction of sp³-hybridized carbons (Fsp3) is 0.500. The fourth-order valence-corrected chi connectivity index (χ4v) is 4.54. The Morgan fingerprint density at radius 1 is 1.34 bits per heavy atom. The summed E-state index contributed by atoms with van der Waals surface area (Å²) in [5.74, 6) is -2.28. The molecule has 4 atom stereocenters.